The van der Waals surface area contributed by atoms with E-state index in [1.807, 2.05) is 24.3 Å². The molecule has 4 N–H and O–H groups in total. The predicted molar refractivity (Wildman–Crippen MR) is 85.2 cm³/mol. The fourth-order valence-corrected chi connectivity index (χ4v) is 1.93. The van der Waals surface area contributed by atoms with Crippen molar-refractivity contribution < 1.29 is 14.3 Å². The molecule has 0 saturated heterocycles. The molecule has 0 heterocycles. The van der Waals surface area contributed by atoms with Gasteiger partial charge in [0.25, 0.3) is 0 Å². The lowest BCUT2D eigenvalue weighted by Crippen LogP contribution is -2.14. The number of nitrogens with two attached hydrogens (primary N) is 2. The van der Waals surface area contributed by atoms with Gasteiger partial charge in [-0.1, -0.05) is 15.9 Å². The van der Waals surface area contributed by atoms with E-state index in [0.717, 1.165) is 4.47 Å². The number of ether oxygens (including phenoxy) is 2. The highest BCUT2D eigenvalue weighted by molar-refractivity contribution is 9.10. The Balaban J connectivity index is 1.80. The molecule has 0 radical (unpaired) electrons. The molecule has 0 unspecified atom stereocenters. The van der Waals surface area contributed by atoms with Gasteiger partial charge in [-0.3, -0.25) is 0 Å². The van der Waals surface area contributed by atoms with Crippen molar-refractivity contribution >= 4 is 33.3 Å². The minimum Gasteiger partial charge on any atom is -0.490 e. The molecule has 0 aliphatic heterocycles. The van der Waals surface area contributed by atoms with Crippen LogP contribution in [-0.2, 0) is 4.74 Å². The van der Waals surface area contributed by atoms with Crippen molar-refractivity contribution in [2.24, 2.45) is 0 Å². The Labute approximate surface area is 131 Å². The van der Waals surface area contributed by atoms with E-state index in [1.165, 1.54) is 6.07 Å². The number of halogens is 1. The Morgan fingerprint density at radius 1 is 1.05 bits per heavy atom. The van der Waals surface area contributed by atoms with Crippen LogP contribution in [0.5, 0.6) is 5.75 Å². The minimum atomic E-state index is -0.494. The van der Waals surface area contributed by atoms with Crippen LogP contribution in [0.15, 0.2) is 46.9 Å². The summed E-state index contributed by atoms with van der Waals surface area (Å²) in [6.45, 7) is 0.404. The first kappa shape index (κ1) is 15.2. The van der Waals surface area contributed by atoms with Gasteiger partial charge in [0.1, 0.15) is 19.0 Å². The van der Waals surface area contributed by atoms with Gasteiger partial charge in [0.15, 0.2) is 0 Å². The molecule has 110 valence electrons. The standard InChI is InChI=1S/C15H15BrN2O3/c16-10-1-4-12(5-2-10)20-7-8-21-15(19)13-6-3-11(17)9-14(13)18/h1-6,9H,7-8,17-18H2. The average molecular weight is 351 g/mol. The maximum absolute atomic E-state index is 11.8. The van der Waals surface area contributed by atoms with Crippen LogP contribution in [0.3, 0.4) is 0 Å². The van der Waals surface area contributed by atoms with Gasteiger partial charge in [-0.05, 0) is 42.5 Å². The lowest BCUT2D eigenvalue weighted by molar-refractivity contribution is 0.0451. The van der Waals surface area contributed by atoms with Crippen molar-refractivity contribution in [2.45, 2.75) is 0 Å². The number of benzene rings is 2. The highest BCUT2D eigenvalue weighted by Crippen LogP contribution is 2.17. The molecule has 0 bridgehead atoms. The van der Waals surface area contributed by atoms with Crippen LogP contribution in [0.25, 0.3) is 0 Å². The summed E-state index contributed by atoms with van der Waals surface area (Å²) in [4.78, 5) is 11.8. The van der Waals surface area contributed by atoms with Gasteiger partial charge in [-0.15, -0.1) is 0 Å². The normalized spacial score (nSPS) is 10.1. The van der Waals surface area contributed by atoms with Crippen LogP contribution in [0.2, 0.25) is 0 Å². The van der Waals surface area contributed by atoms with Crippen LogP contribution in [-0.4, -0.2) is 19.2 Å². The smallest absolute Gasteiger partial charge is 0.340 e. The van der Waals surface area contributed by atoms with Crippen molar-refractivity contribution in [2.75, 3.05) is 24.7 Å². The number of anilines is 2. The number of carbonyl (C=O) groups is 1. The number of carbonyl (C=O) groups excluding carboxylic acids is 1. The zero-order chi connectivity index (χ0) is 15.2. The lowest BCUT2D eigenvalue weighted by atomic mass is 10.1. The summed E-state index contributed by atoms with van der Waals surface area (Å²) in [5.74, 6) is 0.216. The maximum atomic E-state index is 11.8. The highest BCUT2D eigenvalue weighted by Gasteiger charge is 2.11. The van der Waals surface area contributed by atoms with Crippen molar-refractivity contribution in [1.82, 2.24) is 0 Å². The Morgan fingerprint density at radius 3 is 2.43 bits per heavy atom. The fourth-order valence-electron chi connectivity index (χ4n) is 1.67. The summed E-state index contributed by atoms with van der Waals surface area (Å²) in [5, 5.41) is 0. The summed E-state index contributed by atoms with van der Waals surface area (Å²) < 4.78 is 11.5. The van der Waals surface area contributed by atoms with E-state index >= 15 is 0 Å². The summed E-state index contributed by atoms with van der Waals surface area (Å²) >= 11 is 3.34. The van der Waals surface area contributed by atoms with Crippen molar-refractivity contribution in [3.8, 4) is 5.75 Å². The molecular weight excluding hydrogens is 336 g/mol. The zero-order valence-corrected chi connectivity index (χ0v) is 12.8. The van der Waals surface area contributed by atoms with E-state index < -0.39 is 5.97 Å². The predicted octanol–water partition coefficient (Wildman–Crippen LogP) is 2.85. The molecule has 0 saturated carbocycles. The van der Waals surface area contributed by atoms with Crippen molar-refractivity contribution in [3.63, 3.8) is 0 Å². The molecule has 0 aliphatic carbocycles. The number of rotatable bonds is 5. The number of esters is 1. The third kappa shape index (κ3) is 4.39. The first-order valence-electron chi connectivity index (χ1n) is 6.27. The summed E-state index contributed by atoms with van der Waals surface area (Å²) in [7, 11) is 0. The highest BCUT2D eigenvalue weighted by atomic mass is 79.9. The second-order valence-corrected chi connectivity index (χ2v) is 5.20. The van der Waals surface area contributed by atoms with Gasteiger partial charge in [0.05, 0.1) is 5.56 Å². The molecule has 0 amide bonds. The molecule has 0 aliphatic rings. The van der Waals surface area contributed by atoms with E-state index in [4.69, 9.17) is 20.9 Å². The first-order valence-corrected chi connectivity index (χ1v) is 7.06. The number of hydrogen-bond acceptors (Lipinski definition) is 5. The molecule has 5 nitrogen and oxygen atoms in total. The second-order valence-electron chi connectivity index (χ2n) is 4.28. The monoisotopic (exact) mass is 350 g/mol. The SMILES string of the molecule is Nc1ccc(C(=O)OCCOc2ccc(Br)cc2)c(N)c1. The Morgan fingerprint density at radius 2 is 1.76 bits per heavy atom. The van der Waals surface area contributed by atoms with E-state index in [9.17, 15) is 4.79 Å². The van der Waals surface area contributed by atoms with Crippen LogP contribution < -0.4 is 16.2 Å². The maximum Gasteiger partial charge on any atom is 0.340 e. The fraction of sp³-hybridized carbons (Fsp3) is 0.133. The van der Waals surface area contributed by atoms with E-state index in [0.29, 0.717) is 22.7 Å². The number of nitrogen functional groups attached to an aromatic ring is 2. The third-order valence-corrected chi connectivity index (χ3v) is 3.22. The largest absolute Gasteiger partial charge is 0.490 e. The van der Waals surface area contributed by atoms with Gasteiger partial charge in [0, 0.05) is 15.8 Å². The summed E-state index contributed by atoms with van der Waals surface area (Å²) in [5.41, 5.74) is 12.4. The number of hydrogen-bond donors (Lipinski definition) is 2. The summed E-state index contributed by atoms with van der Waals surface area (Å²) in [6, 6.07) is 12.1. The molecule has 2 aromatic rings. The van der Waals surface area contributed by atoms with Gasteiger partial charge < -0.3 is 20.9 Å². The van der Waals surface area contributed by atoms with E-state index in [2.05, 4.69) is 15.9 Å². The van der Waals surface area contributed by atoms with Crippen LogP contribution in [0.1, 0.15) is 10.4 Å². The van der Waals surface area contributed by atoms with Gasteiger partial charge in [-0.25, -0.2) is 4.79 Å². The molecule has 6 heteroatoms. The topological polar surface area (TPSA) is 87.6 Å². The molecule has 21 heavy (non-hydrogen) atoms. The van der Waals surface area contributed by atoms with Gasteiger partial charge >= 0.3 is 5.97 Å². The van der Waals surface area contributed by atoms with Crippen LogP contribution >= 0.6 is 15.9 Å². The lowest BCUT2D eigenvalue weighted by Gasteiger charge is -2.09. The molecule has 0 aromatic heterocycles. The third-order valence-electron chi connectivity index (χ3n) is 2.69. The average Bonchev–Trinajstić information content (AvgIpc) is 2.45. The van der Waals surface area contributed by atoms with E-state index in [1.54, 1.807) is 12.1 Å². The van der Waals surface area contributed by atoms with Crippen molar-refractivity contribution in [1.29, 1.82) is 0 Å². The Hall–Kier alpha value is -2.21. The molecule has 0 atom stereocenters. The van der Waals surface area contributed by atoms with Crippen molar-refractivity contribution in [3.05, 3.63) is 52.5 Å². The minimum absolute atomic E-state index is 0.138. The molecule has 0 fully saturated rings. The first-order chi connectivity index (χ1) is 10.1. The summed E-state index contributed by atoms with van der Waals surface area (Å²) in [6.07, 6.45) is 0. The zero-order valence-electron chi connectivity index (χ0n) is 11.2. The van der Waals surface area contributed by atoms with Gasteiger partial charge in [0.2, 0.25) is 0 Å². The Kier molecular flexibility index (Phi) is 5.05. The van der Waals surface area contributed by atoms with E-state index in [-0.39, 0.29) is 13.2 Å². The van der Waals surface area contributed by atoms with Crippen LogP contribution in [0, 0.1) is 0 Å². The quantitative estimate of drug-likeness (QED) is 0.491. The van der Waals surface area contributed by atoms with Gasteiger partial charge in [-0.2, -0.15) is 0 Å². The van der Waals surface area contributed by atoms with Crippen LogP contribution in [0.4, 0.5) is 11.4 Å². The second kappa shape index (κ2) is 6.99. The molecular formula is C15H15BrN2O3. The molecule has 2 rings (SSSR count). The Bertz CT molecular complexity index is 629. The molecule has 0 spiro atoms. The molecule has 2 aromatic carbocycles.